The third-order valence-corrected chi connectivity index (χ3v) is 4.40. The summed E-state index contributed by atoms with van der Waals surface area (Å²) in [5.41, 5.74) is 0. The van der Waals surface area contributed by atoms with Crippen molar-refractivity contribution in [1.82, 2.24) is 9.71 Å². The molecule has 0 bridgehead atoms. The molecule has 0 aliphatic carbocycles. The largest absolute Gasteiger partial charge is 0.356 e. The maximum Gasteiger partial charge on any atom is 0.356 e. The lowest BCUT2D eigenvalue weighted by Crippen LogP contribution is -2.15. The maximum absolute atomic E-state index is 11.5. The predicted molar refractivity (Wildman–Crippen MR) is 103 cm³/mol. The Kier molecular flexibility index (Phi) is 13.7. The number of hydrogen-bond acceptors (Lipinski definition) is 3. The Morgan fingerprint density at radius 3 is 2.00 bits per heavy atom. The zero-order valence-electron chi connectivity index (χ0n) is 16.0. The van der Waals surface area contributed by atoms with Crippen molar-refractivity contribution in [2.75, 3.05) is 0 Å². The highest BCUT2D eigenvalue weighted by atomic mass is 16.7. The molecule has 0 aromatic carbocycles. The van der Waals surface area contributed by atoms with Crippen molar-refractivity contribution >= 4 is 5.97 Å². The fraction of sp³-hybridized carbons (Fsp3) is 0.714. The number of imidazole rings is 1. The lowest BCUT2D eigenvalue weighted by Gasteiger charge is -2.02. The molecule has 0 aliphatic heterocycles. The monoisotopic (exact) mass is 348 g/mol. The summed E-state index contributed by atoms with van der Waals surface area (Å²) in [5.74, 6) is -0.354. The van der Waals surface area contributed by atoms with E-state index in [1.807, 2.05) is 6.08 Å². The smallest absolute Gasteiger partial charge is 0.331 e. The second-order valence-electron chi connectivity index (χ2n) is 6.77. The zero-order valence-corrected chi connectivity index (χ0v) is 16.0. The molecule has 0 spiro atoms. The highest BCUT2D eigenvalue weighted by Gasteiger charge is 1.98. The van der Waals surface area contributed by atoms with Gasteiger partial charge in [0.25, 0.3) is 0 Å². The molecule has 1 rings (SSSR count). The number of aromatic nitrogens is 2. The van der Waals surface area contributed by atoms with Gasteiger partial charge >= 0.3 is 5.97 Å². The van der Waals surface area contributed by atoms with Crippen LogP contribution in [-0.2, 0) is 4.79 Å². The van der Waals surface area contributed by atoms with Crippen molar-refractivity contribution in [3.05, 3.63) is 30.9 Å². The van der Waals surface area contributed by atoms with Crippen LogP contribution in [-0.4, -0.2) is 15.7 Å². The highest BCUT2D eigenvalue weighted by Crippen LogP contribution is 2.12. The Balaban J connectivity index is 1.79. The molecule has 0 aliphatic rings. The number of allylic oxidation sites excluding steroid dienone is 1. The minimum atomic E-state index is -0.354. The van der Waals surface area contributed by atoms with E-state index in [2.05, 4.69) is 11.9 Å². The second-order valence-corrected chi connectivity index (χ2v) is 6.77. The van der Waals surface area contributed by atoms with Crippen LogP contribution in [0.25, 0.3) is 0 Å². The Labute approximate surface area is 153 Å². The molecule has 4 nitrogen and oxygen atoms in total. The predicted octanol–water partition coefficient (Wildman–Crippen LogP) is 5.88. The molecule has 0 atom stereocenters. The van der Waals surface area contributed by atoms with Crippen LogP contribution < -0.4 is 4.84 Å². The molecule has 1 aromatic heterocycles. The van der Waals surface area contributed by atoms with Gasteiger partial charge < -0.3 is 4.84 Å². The Morgan fingerprint density at radius 1 is 0.920 bits per heavy atom. The summed E-state index contributed by atoms with van der Waals surface area (Å²) in [7, 11) is 0. The van der Waals surface area contributed by atoms with Crippen molar-refractivity contribution in [3.8, 4) is 0 Å². The van der Waals surface area contributed by atoms with E-state index in [1.165, 1.54) is 94.2 Å². The average molecular weight is 349 g/mol. The van der Waals surface area contributed by atoms with Crippen LogP contribution in [0.1, 0.15) is 96.8 Å². The summed E-state index contributed by atoms with van der Waals surface area (Å²) in [6.07, 6.45) is 26.6. The normalized spacial score (nSPS) is 11.2. The van der Waals surface area contributed by atoms with Crippen LogP contribution in [0.15, 0.2) is 30.9 Å². The van der Waals surface area contributed by atoms with Crippen molar-refractivity contribution in [2.24, 2.45) is 0 Å². The molecule has 0 radical (unpaired) electrons. The molecule has 0 saturated carbocycles. The van der Waals surface area contributed by atoms with Crippen molar-refractivity contribution in [1.29, 1.82) is 0 Å². The SMILES string of the molecule is CCCCCCCCCCCCCCCC=CC(=O)On1ccnc1. The zero-order chi connectivity index (χ0) is 18.0. The number of rotatable bonds is 16. The van der Waals surface area contributed by atoms with E-state index in [4.69, 9.17) is 4.84 Å². The molecular weight excluding hydrogens is 312 g/mol. The number of unbranched alkanes of at least 4 members (excludes halogenated alkanes) is 13. The first-order valence-electron chi connectivity index (χ1n) is 10.2. The van der Waals surface area contributed by atoms with Crippen molar-refractivity contribution < 1.29 is 9.63 Å². The van der Waals surface area contributed by atoms with Crippen LogP contribution in [0.3, 0.4) is 0 Å². The molecule has 1 heterocycles. The summed E-state index contributed by atoms with van der Waals surface area (Å²) in [6.45, 7) is 2.27. The van der Waals surface area contributed by atoms with Crippen LogP contribution in [0, 0.1) is 0 Å². The topological polar surface area (TPSA) is 44.1 Å². The van der Waals surface area contributed by atoms with Gasteiger partial charge in [0.2, 0.25) is 0 Å². The van der Waals surface area contributed by atoms with E-state index in [-0.39, 0.29) is 5.97 Å². The van der Waals surface area contributed by atoms with E-state index in [0.29, 0.717) is 0 Å². The molecule has 4 heteroatoms. The molecule has 1 aromatic rings. The first kappa shape index (κ1) is 21.5. The summed E-state index contributed by atoms with van der Waals surface area (Å²) in [5, 5.41) is 0. The summed E-state index contributed by atoms with van der Waals surface area (Å²) in [4.78, 5) is 20.3. The van der Waals surface area contributed by atoms with Gasteiger partial charge in [-0.05, 0) is 12.8 Å². The van der Waals surface area contributed by atoms with Gasteiger partial charge in [0, 0.05) is 12.3 Å². The second kappa shape index (κ2) is 15.9. The third kappa shape index (κ3) is 13.4. The molecule has 0 unspecified atom stereocenters. The molecular formula is C21H36N2O2. The van der Waals surface area contributed by atoms with Gasteiger partial charge in [-0.15, -0.1) is 0 Å². The van der Waals surface area contributed by atoms with Gasteiger partial charge in [-0.2, -0.15) is 4.73 Å². The quantitative estimate of drug-likeness (QED) is 0.277. The maximum atomic E-state index is 11.5. The highest BCUT2D eigenvalue weighted by molar-refractivity contribution is 5.82. The summed E-state index contributed by atoms with van der Waals surface area (Å²) >= 11 is 0. The van der Waals surface area contributed by atoms with Gasteiger partial charge in [0.1, 0.15) is 6.33 Å². The van der Waals surface area contributed by atoms with Crippen molar-refractivity contribution in [3.63, 3.8) is 0 Å². The van der Waals surface area contributed by atoms with E-state index >= 15 is 0 Å². The van der Waals surface area contributed by atoms with Gasteiger partial charge in [-0.25, -0.2) is 9.78 Å². The van der Waals surface area contributed by atoms with Gasteiger partial charge in [-0.3, -0.25) is 0 Å². The third-order valence-electron chi connectivity index (χ3n) is 4.40. The first-order valence-corrected chi connectivity index (χ1v) is 10.2. The molecule has 0 fully saturated rings. The first-order chi connectivity index (χ1) is 12.3. The minimum Gasteiger partial charge on any atom is -0.331 e. The lowest BCUT2D eigenvalue weighted by atomic mass is 10.0. The van der Waals surface area contributed by atoms with Crippen LogP contribution in [0.4, 0.5) is 0 Å². The van der Waals surface area contributed by atoms with Crippen LogP contribution >= 0.6 is 0 Å². The fourth-order valence-corrected chi connectivity index (χ4v) is 2.89. The minimum absolute atomic E-state index is 0.354. The Morgan fingerprint density at radius 2 is 1.48 bits per heavy atom. The van der Waals surface area contributed by atoms with E-state index in [1.54, 1.807) is 12.4 Å². The number of carbonyl (C=O) groups is 1. The van der Waals surface area contributed by atoms with Crippen molar-refractivity contribution in [2.45, 2.75) is 96.8 Å². The van der Waals surface area contributed by atoms with Gasteiger partial charge in [-0.1, -0.05) is 90.0 Å². The van der Waals surface area contributed by atoms with Crippen LogP contribution in [0.2, 0.25) is 0 Å². The van der Waals surface area contributed by atoms with E-state index < -0.39 is 0 Å². The van der Waals surface area contributed by atoms with E-state index in [0.717, 1.165) is 12.8 Å². The van der Waals surface area contributed by atoms with Gasteiger partial charge in [0.05, 0.1) is 6.20 Å². The number of nitrogens with zero attached hydrogens (tertiary/aromatic N) is 2. The summed E-state index contributed by atoms with van der Waals surface area (Å²) < 4.78 is 1.30. The van der Waals surface area contributed by atoms with Crippen LogP contribution in [0.5, 0.6) is 0 Å². The standard InChI is InChI=1S/C21H36N2O2/c1-2-3-4-5-6-7-8-9-10-11-12-13-14-15-16-17-21(24)25-23-19-18-22-20-23/h16-20H,2-15H2,1H3. The number of carbonyl (C=O) groups excluding carboxylic acids is 1. The Hall–Kier alpha value is -1.58. The molecule has 142 valence electrons. The average Bonchev–Trinajstić information content (AvgIpc) is 3.11. The fourth-order valence-electron chi connectivity index (χ4n) is 2.89. The summed E-state index contributed by atoms with van der Waals surface area (Å²) in [6, 6.07) is 0. The van der Waals surface area contributed by atoms with Gasteiger partial charge in [0.15, 0.2) is 0 Å². The molecule has 0 saturated heterocycles. The lowest BCUT2D eigenvalue weighted by molar-refractivity contribution is -0.138. The molecule has 25 heavy (non-hydrogen) atoms. The number of hydrogen-bond donors (Lipinski definition) is 0. The molecule has 0 amide bonds. The Bertz CT molecular complexity index is 441. The molecule has 0 N–H and O–H groups in total. The van der Waals surface area contributed by atoms with E-state index in [9.17, 15) is 4.79 Å².